The van der Waals surface area contributed by atoms with Gasteiger partial charge in [0, 0.05) is 18.4 Å². The van der Waals surface area contributed by atoms with E-state index in [2.05, 4.69) is 55.5 Å². The number of benzene rings is 3. The first-order chi connectivity index (χ1) is 14.6. The van der Waals surface area contributed by atoms with Crippen molar-refractivity contribution in [3.05, 3.63) is 90.0 Å². The average Bonchev–Trinajstić information content (AvgIpc) is 3.23. The van der Waals surface area contributed by atoms with E-state index in [9.17, 15) is 5.11 Å². The first-order valence-electron chi connectivity index (χ1n) is 11.0. The molecule has 0 aromatic heterocycles. The first-order valence-corrected chi connectivity index (χ1v) is 11.0. The highest BCUT2D eigenvalue weighted by Crippen LogP contribution is 2.25. The van der Waals surface area contributed by atoms with Crippen LogP contribution < -0.4 is 4.74 Å². The lowest BCUT2D eigenvalue weighted by Gasteiger charge is -2.36. The summed E-state index contributed by atoms with van der Waals surface area (Å²) in [4.78, 5) is 0. The predicted octanol–water partition coefficient (Wildman–Crippen LogP) is 5.21. The van der Waals surface area contributed by atoms with Crippen LogP contribution in [-0.4, -0.2) is 41.9 Å². The fourth-order valence-corrected chi connectivity index (χ4v) is 4.56. The quantitative estimate of drug-likeness (QED) is 0.524. The van der Waals surface area contributed by atoms with Gasteiger partial charge in [-0.15, -0.1) is 0 Å². The van der Waals surface area contributed by atoms with E-state index in [0.29, 0.717) is 6.61 Å². The second-order valence-electron chi connectivity index (χ2n) is 8.68. The second-order valence-corrected chi connectivity index (χ2v) is 8.68. The average molecular weight is 403 g/mol. The number of likely N-dealkylation sites (tertiary alicyclic amines) is 1. The Balaban J connectivity index is 1.33. The van der Waals surface area contributed by atoms with Gasteiger partial charge in [-0.3, -0.25) is 0 Å². The number of aliphatic hydroxyl groups excluding tert-OH is 1. The van der Waals surface area contributed by atoms with Gasteiger partial charge in [-0.2, -0.15) is 0 Å². The molecule has 0 bridgehead atoms. The maximum Gasteiger partial charge on any atom is 0.137 e. The summed E-state index contributed by atoms with van der Waals surface area (Å²) in [6.07, 6.45) is 2.00. The van der Waals surface area contributed by atoms with Gasteiger partial charge in [0.25, 0.3) is 0 Å². The van der Waals surface area contributed by atoms with Crippen LogP contribution in [0.2, 0.25) is 0 Å². The Morgan fingerprint density at radius 2 is 1.47 bits per heavy atom. The van der Waals surface area contributed by atoms with Crippen molar-refractivity contribution < 1.29 is 14.3 Å². The van der Waals surface area contributed by atoms with Gasteiger partial charge in [0.1, 0.15) is 31.5 Å². The van der Waals surface area contributed by atoms with Crippen molar-refractivity contribution in [1.29, 1.82) is 0 Å². The molecule has 156 valence electrons. The summed E-state index contributed by atoms with van der Waals surface area (Å²) in [6, 6.07) is 27.3. The van der Waals surface area contributed by atoms with E-state index in [1.54, 1.807) is 0 Å². The van der Waals surface area contributed by atoms with Crippen LogP contribution in [0.4, 0.5) is 0 Å². The fourth-order valence-electron chi connectivity index (χ4n) is 4.56. The van der Waals surface area contributed by atoms with E-state index in [4.69, 9.17) is 4.74 Å². The maximum atomic E-state index is 10.8. The number of hydrogen-bond donors (Lipinski definition) is 1. The zero-order chi connectivity index (χ0) is 20.8. The van der Waals surface area contributed by atoms with Crippen molar-refractivity contribution >= 4 is 0 Å². The minimum atomic E-state index is -0.470. The molecule has 3 heteroatoms. The minimum Gasteiger partial charge on any atom is -0.491 e. The lowest BCUT2D eigenvalue weighted by Crippen LogP contribution is -2.50. The van der Waals surface area contributed by atoms with E-state index < -0.39 is 6.10 Å². The fraction of sp³-hybridized carbons (Fsp3) is 0.333. The van der Waals surface area contributed by atoms with Gasteiger partial charge in [0.05, 0.1) is 13.1 Å². The van der Waals surface area contributed by atoms with Crippen LogP contribution in [0.3, 0.4) is 0 Å². The highest BCUT2D eigenvalue weighted by Gasteiger charge is 2.34. The van der Waals surface area contributed by atoms with Gasteiger partial charge in [-0.25, -0.2) is 0 Å². The zero-order valence-corrected chi connectivity index (χ0v) is 17.8. The molecule has 0 amide bonds. The molecule has 1 N–H and O–H groups in total. The van der Waals surface area contributed by atoms with Gasteiger partial charge in [-0.1, -0.05) is 72.3 Å². The van der Waals surface area contributed by atoms with E-state index in [0.717, 1.165) is 36.4 Å². The van der Waals surface area contributed by atoms with Crippen LogP contribution >= 0.6 is 0 Å². The van der Waals surface area contributed by atoms with E-state index in [1.165, 1.54) is 35.1 Å². The molecule has 1 aliphatic rings. The molecule has 0 radical (unpaired) electrons. The van der Waals surface area contributed by atoms with Crippen molar-refractivity contribution in [2.75, 3.05) is 26.2 Å². The van der Waals surface area contributed by atoms with Crippen molar-refractivity contribution in [3.8, 4) is 16.9 Å². The van der Waals surface area contributed by atoms with Crippen LogP contribution in [0.25, 0.3) is 11.1 Å². The summed E-state index contributed by atoms with van der Waals surface area (Å²) in [5, 5.41) is 10.8. The van der Waals surface area contributed by atoms with E-state index in [-0.39, 0.29) is 0 Å². The van der Waals surface area contributed by atoms with E-state index in [1.807, 2.05) is 30.3 Å². The van der Waals surface area contributed by atoms with Gasteiger partial charge < -0.3 is 14.3 Å². The summed E-state index contributed by atoms with van der Waals surface area (Å²) in [7, 11) is 0. The van der Waals surface area contributed by atoms with Crippen LogP contribution in [0, 0.1) is 6.92 Å². The van der Waals surface area contributed by atoms with Gasteiger partial charge in [0.15, 0.2) is 0 Å². The molecule has 0 unspecified atom stereocenters. The Bertz CT molecular complexity index is 913. The third-order valence-corrected chi connectivity index (χ3v) is 6.16. The highest BCUT2D eigenvalue weighted by atomic mass is 16.5. The number of aliphatic hydroxyl groups is 1. The predicted molar refractivity (Wildman–Crippen MR) is 122 cm³/mol. The number of hydrogen-bond acceptors (Lipinski definition) is 2. The molecule has 1 heterocycles. The Labute approximate surface area is 180 Å². The lowest BCUT2D eigenvalue weighted by molar-refractivity contribution is -0.932. The molecular formula is C27H32NO2+. The molecule has 1 fully saturated rings. The van der Waals surface area contributed by atoms with Gasteiger partial charge in [-0.05, 0) is 30.2 Å². The molecule has 3 nitrogen and oxygen atoms in total. The van der Waals surface area contributed by atoms with E-state index >= 15 is 0 Å². The summed E-state index contributed by atoms with van der Waals surface area (Å²) in [5.74, 6) is 0.806. The number of nitrogens with zero attached hydrogens (tertiary/aromatic N) is 1. The summed E-state index contributed by atoms with van der Waals surface area (Å²) < 4.78 is 6.88. The molecule has 1 aliphatic heterocycles. The van der Waals surface area contributed by atoms with Crippen LogP contribution in [0.15, 0.2) is 78.9 Å². The summed E-state index contributed by atoms with van der Waals surface area (Å²) in [6.45, 7) is 6.46. The lowest BCUT2D eigenvalue weighted by atomic mass is 10.1. The summed E-state index contributed by atoms with van der Waals surface area (Å²) in [5.41, 5.74) is 5.01. The number of ether oxygens (including phenoxy) is 1. The SMILES string of the molecule is Cc1ccc(C[N+]2(C[C@H](O)COc3ccc(-c4ccccc4)cc3)CCCC2)cc1. The normalized spacial score (nSPS) is 16.3. The molecule has 0 spiro atoms. The van der Waals surface area contributed by atoms with Gasteiger partial charge in [0.2, 0.25) is 0 Å². The molecule has 4 rings (SSSR count). The number of rotatable bonds is 8. The molecule has 30 heavy (non-hydrogen) atoms. The Kier molecular flexibility index (Phi) is 6.51. The van der Waals surface area contributed by atoms with Crippen molar-refractivity contribution in [1.82, 2.24) is 0 Å². The maximum absolute atomic E-state index is 10.8. The Morgan fingerprint density at radius 3 is 2.13 bits per heavy atom. The first kappa shape index (κ1) is 20.6. The third-order valence-electron chi connectivity index (χ3n) is 6.16. The van der Waals surface area contributed by atoms with Crippen LogP contribution in [-0.2, 0) is 6.54 Å². The van der Waals surface area contributed by atoms with Crippen LogP contribution in [0.5, 0.6) is 5.75 Å². The molecule has 0 saturated carbocycles. The third kappa shape index (κ3) is 5.29. The molecule has 3 aromatic rings. The number of quaternary nitrogens is 1. The van der Waals surface area contributed by atoms with Crippen molar-refractivity contribution in [3.63, 3.8) is 0 Å². The van der Waals surface area contributed by atoms with Crippen molar-refractivity contribution in [2.24, 2.45) is 0 Å². The van der Waals surface area contributed by atoms with Crippen molar-refractivity contribution in [2.45, 2.75) is 32.4 Å². The number of aryl methyl sites for hydroxylation is 1. The minimum absolute atomic E-state index is 0.332. The molecule has 1 saturated heterocycles. The topological polar surface area (TPSA) is 29.5 Å². The van der Waals surface area contributed by atoms with Gasteiger partial charge >= 0.3 is 0 Å². The highest BCUT2D eigenvalue weighted by molar-refractivity contribution is 5.63. The Morgan fingerprint density at radius 1 is 0.833 bits per heavy atom. The summed E-state index contributed by atoms with van der Waals surface area (Å²) >= 11 is 0. The zero-order valence-electron chi connectivity index (χ0n) is 17.8. The molecule has 1 atom stereocenters. The molecular weight excluding hydrogens is 370 g/mol. The monoisotopic (exact) mass is 402 g/mol. The van der Waals surface area contributed by atoms with Crippen LogP contribution in [0.1, 0.15) is 24.0 Å². The standard InChI is InChI=1S/C27H32NO2/c1-22-9-11-23(12-10-22)19-28(17-5-6-18-28)20-26(29)21-30-27-15-13-25(14-16-27)24-7-3-2-4-8-24/h2-4,7-16,26,29H,5-6,17-21H2,1H3/q+1/t26-/m0/s1. The smallest absolute Gasteiger partial charge is 0.137 e. The Hall–Kier alpha value is -2.62. The largest absolute Gasteiger partial charge is 0.491 e. The molecule has 3 aromatic carbocycles. The second kappa shape index (κ2) is 9.46. The molecule has 0 aliphatic carbocycles.